The highest BCUT2D eigenvalue weighted by molar-refractivity contribution is 6.27. The molecule has 8 aromatic carbocycles. The fraction of sp³-hybridized carbons (Fsp3) is 0.0667. The molecule has 1 aromatic heterocycles. The molecule has 0 atom stereocenters. The van der Waals surface area contributed by atoms with Crippen LogP contribution in [0.5, 0.6) is 0 Å². The monoisotopic (exact) mass is 585 g/mol. The summed E-state index contributed by atoms with van der Waals surface area (Å²) < 4.78 is 0. The third-order valence-corrected chi connectivity index (χ3v) is 10.6. The van der Waals surface area contributed by atoms with Gasteiger partial charge in [0, 0.05) is 27.2 Å². The Kier molecular flexibility index (Phi) is 5.12. The second-order valence-corrected chi connectivity index (χ2v) is 13.3. The first-order valence-corrected chi connectivity index (χ1v) is 16.2. The van der Waals surface area contributed by atoms with Crippen LogP contribution in [0.15, 0.2) is 146 Å². The molecule has 1 heterocycles. The van der Waals surface area contributed by atoms with Crippen LogP contribution in [0, 0.1) is 0 Å². The summed E-state index contributed by atoms with van der Waals surface area (Å²) in [6.45, 7) is 4.77. The van der Waals surface area contributed by atoms with Crippen LogP contribution in [-0.2, 0) is 5.41 Å². The van der Waals surface area contributed by atoms with Crippen LogP contribution in [0.1, 0.15) is 25.0 Å². The fourth-order valence-electron chi connectivity index (χ4n) is 8.68. The average molecular weight is 586 g/mol. The van der Waals surface area contributed by atoms with E-state index in [1.807, 2.05) is 0 Å². The molecule has 1 heteroatoms. The number of nitrogens with one attached hydrogen (secondary N) is 1. The summed E-state index contributed by atoms with van der Waals surface area (Å²) in [5, 5.41) is 10.3. The van der Waals surface area contributed by atoms with Crippen LogP contribution in [0.2, 0.25) is 0 Å². The van der Waals surface area contributed by atoms with E-state index in [0.29, 0.717) is 0 Å². The number of hydrogen-bond acceptors (Lipinski definition) is 0. The number of H-pyrrole nitrogens is 1. The third-order valence-electron chi connectivity index (χ3n) is 10.6. The molecule has 0 spiro atoms. The van der Waals surface area contributed by atoms with E-state index in [-0.39, 0.29) is 5.41 Å². The minimum absolute atomic E-state index is 0.0733. The fourth-order valence-corrected chi connectivity index (χ4v) is 8.68. The van der Waals surface area contributed by atoms with Gasteiger partial charge in [-0.1, -0.05) is 141 Å². The van der Waals surface area contributed by atoms with E-state index in [9.17, 15) is 0 Å². The molecule has 9 aromatic rings. The standard InChI is InChI=1S/C45H31N/c1-45(2)38-23-11-9-15-28(38)37-26-36(27-14-3-8-20-33(27)44(37)45)42-31-18-6-4-16-29(31)41(30-17-5-7-19-32(30)42)35-22-13-25-40-43(35)34-21-10-12-24-39(34)46-40/h3-26,46H,1-2H3. The van der Waals surface area contributed by atoms with Crippen LogP contribution in [0.4, 0.5) is 0 Å². The molecule has 0 amide bonds. The number of aromatic amines is 1. The van der Waals surface area contributed by atoms with Gasteiger partial charge in [-0.05, 0) is 95.0 Å². The normalized spacial score (nSPS) is 13.6. The van der Waals surface area contributed by atoms with Crippen molar-refractivity contribution >= 4 is 54.1 Å². The molecule has 0 saturated carbocycles. The molecule has 0 saturated heterocycles. The van der Waals surface area contributed by atoms with Crippen molar-refractivity contribution in [2.24, 2.45) is 0 Å². The van der Waals surface area contributed by atoms with Crippen molar-refractivity contribution in [3.63, 3.8) is 0 Å². The summed E-state index contributed by atoms with van der Waals surface area (Å²) in [5.41, 5.74) is 13.0. The second kappa shape index (κ2) is 9.19. The molecule has 1 N–H and O–H groups in total. The number of benzene rings is 8. The Balaban J connectivity index is 1.38. The Labute approximate surface area is 267 Å². The van der Waals surface area contributed by atoms with E-state index >= 15 is 0 Å². The van der Waals surface area contributed by atoms with E-state index in [2.05, 4.69) is 164 Å². The van der Waals surface area contributed by atoms with Crippen LogP contribution >= 0.6 is 0 Å². The van der Waals surface area contributed by atoms with Crippen LogP contribution in [0.3, 0.4) is 0 Å². The molecule has 1 aliphatic carbocycles. The zero-order valence-corrected chi connectivity index (χ0v) is 25.9. The highest BCUT2D eigenvalue weighted by Gasteiger charge is 2.37. The quantitative estimate of drug-likeness (QED) is 0.194. The van der Waals surface area contributed by atoms with Crippen molar-refractivity contribution in [1.82, 2.24) is 4.98 Å². The molecule has 0 fully saturated rings. The van der Waals surface area contributed by atoms with Gasteiger partial charge in [0.2, 0.25) is 0 Å². The van der Waals surface area contributed by atoms with Gasteiger partial charge in [0.1, 0.15) is 0 Å². The Morgan fingerprint density at radius 2 is 0.891 bits per heavy atom. The molecule has 0 radical (unpaired) electrons. The number of para-hydroxylation sites is 1. The molecule has 0 unspecified atom stereocenters. The summed E-state index contributed by atoms with van der Waals surface area (Å²) in [6, 6.07) is 54.0. The number of hydrogen-bond donors (Lipinski definition) is 1. The molecule has 216 valence electrons. The topological polar surface area (TPSA) is 15.8 Å². The van der Waals surface area contributed by atoms with Gasteiger partial charge in [0.25, 0.3) is 0 Å². The predicted octanol–water partition coefficient (Wildman–Crippen LogP) is 12.4. The molecule has 1 nitrogen and oxygen atoms in total. The van der Waals surface area contributed by atoms with Gasteiger partial charge in [-0.15, -0.1) is 0 Å². The highest BCUT2D eigenvalue weighted by atomic mass is 14.7. The number of aromatic nitrogens is 1. The number of fused-ring (bicyclic) bond motifs is 10. The van der Waals surface area contributed by atoms with Gasteiger partial charge in [-0.25, -0.2) is 0 Å². The smallest absolute Gasteiger partial charge is 0.0471 e. The minimum atomic E-state index is -0.0733. The first-order chi connectivity index (χ1) is 22.6. The van der Waals surface area contributed by atoms with Gasteiger partial charge in [0.05, 0.1) is 0 Å². The van der Waals surface area contributed by atoms with Crippen LogP contribution < -0.4 is 0 Å². The van der Waals surface area contributed by atoms with Crippen molar-refractivity contribution < 1.29 is 0 Å². The maximum atomic E-state index is 3.68. The maximum Gasteiger partial charge on any atom is 0.0471 e. The molecular formula is C45H31N. The zero-order chi connectivity index (χ0) is 30.6. The minimum Gasteiger partial charge on any atom is -0.354 e. The van der Waals surface area contributed by atoms with Crippen molar-refractivity contribution in [1.29, 1.82) is 0 Å². The molecular weight excluding hydrogens is 555 g/mol. The van der Waals surface area contributed by atoms with E-state index in [0.717, 1.165) is 0 Å². The predicted molar refractivity (Wildman–Crippen MR) is 197 cm³/mol. The van der Waals surface area contributed by atoms with Gasteiger partial charge >= 0.3 is 0 Å². The van der Waals surface area contributed by atoms with Crippen LogP contribution in [0.25, 0.3) is 87.5 Å². The lowest BCUT2D eigenvalue weighted by Crippen LogP contribution is -2.15. The SMILES string of the molecule is CC1(C)c2ccccc2-c2cc(-c3c4ccccc4c(-c4cccc5[nH]c6ccccc6c45)c4ccccc34)c3ccccc3c21. The summed E-state index contributed by atoms with van der Waals surface area (Å²) in [7, 11) is 0. The van der Waals surface area contributed by atoms with Crippen LogP contribution in [-0.4, -0.2) is 4.98 Å². The maximum absolute atomic E-state index is 3.68. The number of rotatable bonds is 2. The summed E-state index contributed by atoms with van der Waals surface area (Å²) >= 11 is 0. The first-order valence-electron chi connectivity index (χ1n) is 16.2. The van der Waals surface area contributed by atoms with Gasteiger partial charge in [-0.3, -0.25) is 0 Å². The molecule has 0 aliphatic heterocycles. The van der Waals surface area contributed by atoms with E-state index in [4.69, 9.17) is 0 Å². The average Bonchev–Trinajstić information content (AvgIpc) is 3.59. The lowest BCUT2D eigenvalue weighted by atomic mass is 9.78. The first kappa shape index (κ1) is 25.6. The third kappa shape index (κ3) is 3.30. The lowest BCUT2D eigenvalue weighted by molar-refractivity contribution is 0.666. The lowest BCUT2D eigenvalue weighted by Gasteiger charge is -2.25. The summed E-state index contributed by atoms with van der Waals surface area (Å²) in [6.07, 6.45) is 0. The molecule has 10 rings (SSSR count). The van der Waals surface area contributed by atoms with Crippen molar-refractivity contribution in [2.75, 3.05) is 0 Å². The molecule has 46 heavy (non-hydrogen) atoms. The van der Waals surface area contributed by atoms with Gasteiger partial charge in [0.15, 0.2) is 0 Å². The van der Waals surface area contributed by atoms with E-state index in [1.54, 1.807) is 0 Å². The molecule has 1 aliphatic rings. The Morgan fingerprint density at radius 3 is 1.59 bits per heavy atom. The van der Waals surface area contributed by atoms with E-state index < -0.39 is 0 Å². The second-order valence-electron chi connectivity index (χ2n) is 13.3. The zero-order valence-electron chi connectivity index (χ0n) is 25.9. The summed E-state index contributed by atoms with van der Waals surface area (Å²) in [5.74, 6) is 0. The van der Waals surface area contributed by atoms with Crippen molar-refractivity contribution in [2.45, 2.75) is 19.3 Å². The largest absolute Gasteiger partial charge is 0.354 e. The highest BCUT2D eigenvalue weighted by Crippen LogP contribution is 2.55. The molecule has 0 bridgehead atoms. The summed E-state index contributed by atoms with van der Waals surface area (Å²) in [4.78, 5) is 3.68. The van der Waals surface area contributed by atoms with Crippen molar-refractivity contribution in [3.05, 3.63) is 157 Å². The Bertz CT molecular complexity index is 2660. The van der Waals surface area contributed by atoms with Gasteiger partial charge < -0.3 is 4.98 Å². The Morgan fingerprint density at radius 1 is 0.391 bits per heavy atom. The van der Waals surface area contributed by atoms with Gasteiger partial charge in [-0.2, -0.15) is 0 Å². The van der Waals surface area contributed by atoms with Crippen molar-refractivity contribution in [3.8, 4) is 33.4 Å². The Hall–Kier alpha value is -5.66. The van der Waals surface area contributed by atoms with E-state index in [1.165, 1.54) is 98.6 Å².